The van der Waals surface area contributed by atoms with Gasteiger partial charge in [-0.2, -0.15) is 0 Å². The maximum absolute atomic E-state index is 11.6. The monoisotopic (exact) mass is 428 g/mol. The molecule has 0 saturated carbocycles. The molecule has 2 N–H and O–H groups in total. The number of amides is 1. The zero-order chi connectivity index (χ0) is 22.6. The molecule has 1 heterocycles. The summed E-state index contributed by atoms with van der Waals surface area (Å²) in [6.07, 6.45) is 1.04. The van der Waals surface area contributed by atoms with Gasteiger partial charge in [0.25, 0.3) is 0 Å². The summed E-state index contributed by atoms with van der Waals surface area (Å²) >= 11 is 0. The van der Waals surface area contributed by atoms with E-state index in [9.17, 15) is 4.79 Å². The summed E-state index contributed by atoms with van der Waals surface area (Å²) in [6, 6.07) is 26.5. The maximum Gasteiger partial charge on any atom is 0.248 e. The second-order valence-electron chi connectivity index (χ2n) is 9.17. The van der Waals surface area contributed by atoms with E-state index in [-0.39, 0.29) is 11.3 Å². The Morgan fingerprint density at radius 2 is 1.78 bits per heavy atom. The van der Waals surface area contributed by atoms with E-state index >= 15 is 0 Å². The van der Waals surface area contributed by atoms with Gasteiger partial charge in [-0.15, -0.1) is 0 Å². The smallest absolute Gasteiger partial charge is 0.248 e. The van der Waals surface area contributed by atoms with E-state index in [2.05, 4.69) is 55.1 Å². The molecule has 1 aliphatic rings. The number of carbonyl (C=O) groups is 1. The predicted octanol–water partition coefficient (Wildman–Crippen LogP) is 5.16. The van der Waals surface area contributed by atoms with Crippen LogP contribution in [0.1, 0.15) is 47.3 Å². The van der Waals surface area contributed by atoms with Crippen LogP contribution in [0.25, 0.3) is 0 Å². The third-order valence-corrected chi connectivity index (χ3v) is 6.93. The summed E-state index contributed by atoms with van der Waals surface area (Å²) in [4.78, 5) is 14.2. The topological polar surface area (TPSA) is 55.6 Å². The summed E-state index contributed by atoms with van der Waals surface area (Å²) in [5.41, 5.74) is 9.77. The minimum atomic E-state index is -0.366. The molecule has 166 valence electrons. The minimum Gasteiger partial charge on any atom is -0.489 e. The SMILES string of the molecule is C[C@H]1CN(Cc2cccc(OCc3ccccc3)c2)CC[C@@]1(C)c1cccc(C(N)=O)c1. The zero-order valence-electron chi connectivity index (χ0n) is 19.0. The molecule has 1 amide bonds. The summed E-state index contributed by atoms with van der Waals surface area (Å²) in [5.74, 6) is 0.997. The molecule has 32 heavy (non-hydrogen) atoms. The van der Waals surface area contributed by atoms with Gasteiger partial charge in [0.15, 0.2) is 0 Å². The first-order chi connectivity index (χ1) is 15.4. The Kier molecular flexibility index (Phi) is 6.61. The van der Waals surface area contributed by atoms with Crippen LogP contribution in [0.4, 0.5) is 0 Å². The number of primary amides is 1. The molecule has 3 aromatic carbocycles. The Bertz CT molecular complexity index is 1070. The van der Waals surface area contributed by atoms with Crippen molar-refractivity contribution in [3.8, 4) is 5.75 Å². The van der Waals surface area contributed by atoms with Gasteiger partial charge in [-0.25, -0.2) is 0 Å². The van der Waals surface area contributed by atoms with Gasteiger partial charge >= 0.3 is 0 Å². The molecule has 1 saturated heterocycles. The number of rotatable bonds is 7. The Balaban J connectivity index is 1.39. The molecule has 0 bridgehead atoms. The molecule has 2 atom stereocenters. The van der Waals surface area contributed by atoms with Gasteiger partial charge < -0.3 is 10.5 Å². The Labute approximate surface area is 191 Å². The highest BCUT2D eigenvalue weighted by atomic mass is 16.5. The first-order valence-corrected chi connectivity index (χ1v) is 11.3. The molecular weight excluding hydrogens is 396 g/mol. The van der Waals surface area contributed by atoms with Gasteiger partial charge in [-0.1, -0.05) is 68.4 Å². The molecule has 0 aliphatic carbocycles. The van der Waals surface area contributed by atoms with Gasteiger partial charge in [-0.3, -0.25) is 9.69 Å². The second-order valence-corrected chi connectivity index (χ2v) is 9.17. The third kappa shape index (κ3) is 5.03. The fraction of sp³-hybridized carbons (Fsp3) is 0.321. The van der Waals surface area contributed by atoms with Crippen LogP contribution in [-0.2, 0) is 18.6 Å². The number of nitrogens with two attached hydrogens (primary N) is 1. The molecular formula is C28H32N2O2. The van der Waals surface area contributed by atoms with Crippen molar-refractivity contribution in [1.29, 1.82) is 0 Å². The van der Waals surface area contributed by atoms with Crippen molar-refractivity contribution in [1.82, 2.24) is 4.90 Å². The molecule has 0 unspecified atom stereocenters. The first-order valence-electron chi connectivity index (χ1n) is 11.3. The number of benzene rings is 3. The van der Waals surface area contributed by atoms with E-state index in [1.165, 1.54) is 16.7 Å². The van der Waals surface area contributed by atoms with E-state index in [1.54, 1.807) is 6.07 Å². The highest BCUT2D eigenvalue weighted by molar-refractivity contribution is 5.92. The van der Waals surface area contributed by atoms with E-state index < -0.39 is 0 Å². The standard InChI is InChI=1S/C28H32N2O2/c1-21-18-30(15-14-28(21,2)25-12-7-11-24(17-25)27(29)31)19-23-10-6-13-26(16-23)32-20-22-8-4-3-5-9-22/h3-13,16-17,21H,14-15,18-20H2,1-2H3,(H2,29,31)/t21-,28+/m0/s1. The lowest BCUT2D eigenvalue weighted by Crippen LogP contribution is -2.47. The van der Waals surface area contributed by atoms with Crippen LogP contribution in [-0.4, -0.2) is 23.9 Å². The van der Waals surface area contributed by atoms with Crippen molar-refractivity contribution in [2.24, 2.45) is 11.7 Å². The number of hydrogen-bond donors (Lipinski definition) is 1. The van der Waals surface area contributed by atoms with Gasteiger partial charge in [0.05, 0.1) is 0 Å². The second kappa shape index (κ2) is 9.58. The summed E-state index contributed by atoms with van der Waals surface area (Å²) in [7, 11) is 0. The summed E-state index contributed by atoms with van der Waals surface area (Å²) in [6.45, 7) is 8.12. The highest BCUT2D eigenvalue weighted by Crippen LogP contribution is 2.40. The van der Waals surface area contributed by atoms with Crippen LogP contribution in [0.15, 0.2) is 78.9 Å². The lowest BCUT2D eigenvalue weighted by atomic mass is 9.68. The lowest BCUT2D eigenvalue weighted by molar-refractivity contribution is 0.0995. The van der Waals surface area contributed by atoms with Crippen LogP contribution in [0.5, 0.6) is 5.75 Å². The van der Waals surface area contributed by atoms with Gasteiger partial charge in [0.2, 0.25) is 5.91 Å². The fourth-order valence-electron chi connectivity index (χ4n) is 4.65. The lowest BCUT2D eigenvalue weighted by Gasteiger charge is -2.45. The van der Waals surface area contributed by atoms with Crippen molar-refractivity contribution in [3.05, 3.63) is 101 Å². The normalized spacial score (nSPS) is 21.2. The maximum atomic E-state index is 11.6. The number of ether oxygens (including phenoxy) is 1. The van der Waals surface area contributed by atoms with Crippen LogP contribution in [0, 0.1) is 5.92 Å². The van der Waals surface area contributed by atoms with Crippen LogP contribution in [0.3, 0.4) is 0 Å². The molecule has 1 fully saturated rings. The molecule has 4 nitrogen and oxygen atoms in total. The molecule has 0 radical (unpaired) electrons. The molecule has 4 heteroatoms. The van der Waals surface area contributed by atoms with Crippen molar-refractivity contribution in [2.45, 2.75) is 38.8 Å². The first kappa shape index (κ1) is 22.1. The van der Waals surface area contributed by atoms with Crippen molar-refractivity contribution in [3.63, 3.8) is 0 Å². The molecule has 1 aliphatic heterocycles. The quantitative estimate of drug-likeness (QED) is 0.565. The molecule has 3 aromatic rings. The average molecular weight is 429 g/mol. The summed E-state index contributed by atoms with van der Waals surface area (Å²) in [5, 5.41) is 0. The summed E-state index contributed by atoms with van der Waals surface area (Å²) < 4.78 is 6.01. The number of likely N-dealkylation sites (tertiary alicyclic amines) is 1. The van der Waals surface area contributed by atoms with E-state index in [0.717, 1.165) is 31.8 Å². The van der Waals surface area contributed by atoms with Crippen molar-refractivity contribution < 1.29 is 9.53 Å². The number of carbonyl (C=O) groups excluding carboxylic acids is 1. The molecule has 0 spiro atoms. The molecule has 0 aromatic heterocycles. The van der Waals surface area contributed by atoms with Gasteiger partial charge in [0, 0.05) is 18.7 Å². The van der Waals surface area contributed by atoms with Crippen molar-refractivity contribution in [2.75, 3.05) is 13.1 Å². The van der Waals surface area contributed by atoms with Crippen LogP contribution < -0.4 is 10.5 Å². The van der Waals surface area contributed by atoms with E-state index in [1.807, 2.05) is 36.4 Å². The largest absolute Gasteiger partial charge is 0.489 e. The van der Waals surface area contributed by atoms with E-state index in [4.69, 9.17) is 10.5 Å². The number of nitrogens with zero attached hydrogens (tertiary/aromatic N) is 1. The van der Waals surface area contributed by atoms with Gasteiger partial charge in [0.1, 0.15) is 12.4 Å². The van der Waals surface area contributed by atoms with E-state index in [0.29, 0.717) is 18.1 Å². The predicted molar refractivity (Wildman–Crippen MR) is 129 cm³/mol. The van der Waals surface area contributed by atoms with Gasteiger partial charge in [-0.05, 0) is 65.3 Å². The number of hydrogen-bond acceptors (Lipinski definition) is 3. The third-order valence-electron chi connectivity index (χ3n) is 6.93. The molecule has 4 rings (SSSR count). The Morgan fingerprint density at radius 3 is 2.53 bits per heavy atom. The minimum absolute atomic E-state index is 0.0304. The van der Waals surface area contributed by atoms with Crippen molar-refractivity contribution >= 4 is 5.91 Å². The zero-order valence-corrected chi connectivity index (χ0v) is 19.0. The average Bonchev–Trinajstić information content (AvgIpc) is 2.81. The Hall–Kier alpha value is -3.11. The van der Waals surface area contributed by atoms with Crippen LogP contribution >= 0.6 is 0 Å². The Morgan fingerprint density at radius 1 is 1.03 bits per heavy atom. The highest BCUT2D eigenvalue weighted by Gasteiger charge is 2.38. The number of piperidine rings is 1. The van der Waals surface area contributed by atoms with Crippen LogP contribution in [0.2, 0.25) is 0 Å². The fourth-order valence-corrected chi connectivity index (χ4v) is 4.65.